The Bertz CT molecular complexity index is 330. The molecule has 0 unspecified atom stereocenters. The van der Waals surface area contributed by atoms with Crippen molar-refractivity contribution in [1.29, 1.82) is 0 Å². The molecule has 1 aromatic rings. The van der Waals surface area contributed by atoms with E-state index in [0.717, 1.165) is 0 Å². The molecule has 0 fully saturated rings. The molecule has 0 aliphatic heterocycles. The highest BCUT2D eigenvalue weighted by Crippen LogP contribution is 2.12. The van der Waals surface area contributed by atoms with Gasteiger partial charge in [0.15, 0.2) is 0 Å². The van der Waals surface area contributed by atoms with Gasteiger partial charge in [-0.05, 0) is 17.7 Å². The Kier molecular flexibility index (Phi) is 3.41. The molecule has 1 aromatic carbocycles. The Balaban J connectivity index is 2.72. The van der Waals surface area contributed by atoms with Crippen molar-refractivity contribution in [3.63, 3.8) is 0 Å². The zero-order chi connectivity index (χ0) is 10.6. The summed E-state index contributed by atoms with van der Waals surface area (Å²) in [5.74, 6) is -1.23. The lowest BCUT2D eigenvalue weighted by atomic mass is 10.1. The number of carbonyl (C=O) groups is 1. The predicted molar refractivity (Wildman–Crippen MR) is 47.5 cm³/mol. The van der Waals surface area contributed by atoms with Gasteiger partial charge in [0.2, 0.25) is 0 Å². The first-order valence-corrected chi connectivity index (χ1v) is 4.00. The predicted octanol–water partition coefficient (Wildman–Crippen LogP) is 0.862. The van der Waals surface area contributed by atoms with E-state index in [1.54, 1.807) is 12.1 Å². The lowest BCUT2D eigenvalue weighted by Crippen LogP contribution is -2.33. The van der Waals surface area contributed by atoms with Crippen molar-refractivity contribution < 1.29 is 19.5 Å². The van der Waals surface area contributed by atoms with Crippen LogP contribution in [0, 0.1) is 0 Å². The number of hydrogen-bond donors (Lipinski definition) is 3. The van der Waals surface area contributed by atoms with Crippen LogP contribution in [-0.2, 0) is 11.2 Å². The number of carboxylic acids is 1. The molecule has 0 aromatic heterocycles. The summed E-state index contributed by atoms with van der Waals surface area (Å²) in [4.78, 5) is 10.5. The largest absolute Gasteiger partial charge is 0.508 e. The van der Waals surface area contributed by atoms with Gasteiger partial charge in [0.25, 0.3) is 0 Å². The molecule has 3 N–H and O–H groups in total. The molecule has 1 atom stereocenters. The molecule has 1 rings (SSSR count). The third kappa shape index (κ3) is 2.70. The lowest BCUT2D eigenvalue weighted by Gasteiger charge is -2.08. The Morgan fingerprint density at radius 3 is 2.79 bits per heavy atom. The molecule has 14 heavy (non-hydrogen) atoms. The summed E-state index contributed by atoms with van der Waals surface area (Å²) in [5, 5.41) is 17.6. The van der Waals surface area contributed by atoms with Crippen molar-refractivity contribution in [2.75, 3.05) is 0 Å². The maximum atomic E-state index is 12.0. The Morgan fingerprint density at radius 2 is 2.29 bits per heavy atom. The third-order valence-corrected chi connectivity index (χ3v) is 1.78. The Labute approximate surface area is 79.9 Å². The standard InChI is InChI=1S/C9H10FNO3/c10-11-8(9(13)14)5-6-2-1-3-7(12)4-6/h1-4,8,11-12H,5H2,(H,13,14)/t8-/m0/s1. The number of aliphatic carboxylic acids is 1. The number of aromatic hydroxyl groups is 1. The van der Waals surface area contributed by atoms with Crippen LogP contribution in [0.25, 0.3) is 0 Å². The van der Waals surface area contributed by atoms with Gasteiger partial charge < -0.3 is 10.2 Å². The number of phenols is 1. The van der Waals surface area contributed by atoms with E-state index >= 15 is 0 Å². The minimum absolute atomic E-state index is 0.0137. The van der Waals surface area contributed by atoms with E-state index in [0.29, 0.717) is 5.56 Å². The molecular formula is C9H10FNO3. The van der Waals surface area contributed by atoms with Crippen molar-refractivity contribution in [2.45, 2.75) is 12.5 Å². The minimum atomic E-state index is -1.28. The summed E-state index contributed by atoms with van der Waals surface area (Å²) in [6, 6.07) is 4.77. The Morgan fingerprint density at radius 1 is 1.57 bits per heavy atom. The smallest absolute Gasteiger partial charge is 0.323 e. The van der Waals surface area contributed by atoms with Gasteiger partial charge in [0.05, 0.1) is 0 Å². The van der Waals surface area contributed by atoms with E-state index in [-0.39, 0.29) is 12.2 Å². The normalized spacial score (nSPS) is 12.4. The minimum Gasteiger partial charge on any atom is -0.508 e. The van der Waals surface area contributed by atoms with E-state index < -0.39 is 12.0 Å². The lowest BCUT2D eigenvalue weighted by molar-refractivity contribution is -0.140. The van der Waals surface area contributed by atoms with E-state index in [9.17, 15) is 9.28 Å². The SMILES string of the molecule is O=C(O)[C@H](Cc1cccc(O)c1)NF. The van der Waals surface area contributed by atoms with Gasteiger partial charge in [-0.2, -0.15) is 0 Å². The molecule has 0 bridgehead atoms. The van der Waals surface area contributed by atoms with Crippen molar-refractivity contribution in [1.82, 2.24) is 5.54 Å². The first kappa shape index (κ1) is 10.5. The van der Waals surface area contributed by atoms with Crippen LogP contribution < -0.4 is 5.54 Å². The van der Waals surface area contributed by atoms with Crippen molar-refractivity contribution in [3.8, 4) is 5.75 Å². The molecule has 0 spiro atoms. The third-order valence-electron chi connectivity index (χ3n) is 1.78. The van der Waals surface area contributed by atoms with Crippen LogP contribution in [-0.4, -0.2) is 22.2 Å². The van der Waals surface area contributed by atoms with Gasteiger partial charge >= 0.3 is 5.97 Å². The fourth-order valence-electron chi connectivity index (χ4n) is 1.09. The number of phenolic OH excluding ortho intramolecular Hbond substituents is 1. The summed E-state index contributed by atoms with van der Waals surface area (Å²) in [7, 11) is 0. The van der Waals surface area contributed by atoms with Crippen LogP contribution >= 0.6 is 0 Å². The van der Waals surface area contributed by atoms with Gasteiger partial charge in [0.1, 0.15) is 11.8 Å². The molecule has 5 heteroatoms. The van der Waals surface area contributed by atoms with E-state index in [1.807, 2.05) is 0 Å². The average Bonchev–Trinajstić information content (AvgIpc) is 2.14. The first-order valence-electron chi connectivity index (χ1n) is 4.00. The molecule has 4 nitrogen and oxygen atoms in total. The fourth-order valence-corrected chi connectivity index (χ4v) is 1.09. The molecule has 0 saturated heterocycles. The van der Waals surface area contributed by atoms with Crippen LogP contribution in [0.3, 0.4) is 0 Å². The van der Waals surface area contributed by atoms with Gasteiger partial charge in [0, 0.05) is 6.42 Å². The maximum Gasteiger partial charge on any atom is 0.323 e. The summed E-state index contributed by atoms with van der Waals surface area (Å²) in [5.41, 5.74) is 1.75. The molecule has 0 aliphatic rings. The van der Waals surface area contributed by atoms with Gasteiger partial charge in [-0.1, -0.05) is 12.1 Å². The second kappa shape index (κ2) is 4.57. The maximum absolute atomic E-state index is 12.0. The van der Waals surface area contributed by atoms with Crippen LogP contribution in [0.5, 0.6) is 5.75 Å². The number of halogens is 1. The van der Waals surface area contributed by atoms with Gasteiger partial charge in [-0.15, -0.1) is 10.0 Å². The zero-order valence-corrected chi connectivity index (χ0v) is 7.27. The summed E-state index contributed by atoms with van der Waals surface area (Å²) < 4.78 is 12.0. The molecule has 0 amide bonds. The molecular weight excluding hydrogens is 189 g/mol. The second-order valence-corrected chi connectivity index (χ2v) is 2.87. The topological polar surface area (TPSA) is 69.6 Å². The molecule has 76 valence electrons. The summed E-state index contributed by atoms with van der Waals surface area (Å²) >= 11 is 0. The molecule has 0 heterocycles. The van der Waals surface area contributed by atoms with Crippen LogP contribution in [0.2, 0.25) is 0 Å². The molecule has 0 radical (unpaired) electrons. The quantitative estimate of drug-likeness (QED) is 0.629. The van der Waals surface area contributed by atoms with E-state index in [1.165, 1.54) is 17.7 Å². The van der Waals surface area contributed by atoms with Crippen molar-refractivity contribution in [3.05, 3.63) is 29.8 Å². The number of carboxylic acid groups (broad SMARTS) is 1. The number of rotatable bonds is 4. The van der Waals surface area contributed by atoms with Crippen LogP contribution in [0.1, 0.15) is 5.56 Å². The highest BCUT2D eigenvalue weighted by atomic mass is 19.2. The van der Waals surface area contributed by atoms with E-state index in [4.69, 9.17) is 10.2 Å². The fraction of sp³-hybridized carbons (Fsp3) is 0.222. The highest BCUT2D eigenvalue weighted by molar-refractivity contribution is 5.73. The van der Waals surface area contributed by atoms with Crippen molar-refractivity contribution >= 4 is 5.97 Å². The second-order valence-electron chi connectivity index (χ2n) is 2.87. The van der Waals surface area contributed by atoms with Crippen LogP contribution in [0.4, 0.5) is 4.48 Å². The van der Waals surface area contributed by atoms with Crippen molar-refractivity contribution in [2.24, 2.45) is 0 Å². The molecule has 0 saturated carbocycles. The summed E-state index contributed by atoms with van der Waals surface area (Å²) in [6.45, 7) is 0. The zero-order valence-electron chi connectivity index (χ0n) is 7.27. The van der Waals surface area contributed by atoms with Gasteiger partial charge in [-0.3, -0.25) is 4.79 Å². The molecule has 0 aliphatic carbocycles. The first-order chi connectivity index (χ1) is 6.63. The number of benzene rings is 1. The number of hydrogen-bond acceptors (Lipinski definition) is 3. The van der Waals surface area contributed by atoms with E-state index in [2.05, 4.69) is 0 Å². The summed E-state index contributed by atoms with van der Waals surface area (Å²) in [6.07, 6.45) is -0.0137. The van der Waals surface area contributed by atoms with Gasteiger partial charge in [-0.25, -0.2) is 0 Å². The number of nitrogens with one attached hydrogen (secondary N) is 1. The Hall–Kier alpha value is -1.62. The van der Waals surface area contributed by atoms with Crippen LogP contribution in [0.15, 0.2) is 24.3 Å². The monoisotopic (exact) mass is 199 g/mol. The highest BCUT2D eigenvalue weighted by Gasteiger charge is 2.17. The average molecular weight is 199 g/mol.